The molecule has 0 unspecified atom stereocenters. The molecule has 0 radical (unpaired) electrons. The molecule has 0 saturated heterocycles. The molecule has 21 heavy (non-hydrogen) atoms. The highest BCUT2D eigenvalue weighted by atomic mass is 16.5. The van der Waals surface area contributed by atoms with E-state index in [0.717, 1.165) is 5.56 Å². The molecule has 1 atom stereocenters. The highest BCUT2D eigenvalue weighted by molar-refractivity contribution is 5.77. The summed E-state index contributed by atoms with van der Waals surface area (Å²) in [5.74, 6) is 0.786. The van der Waals surface area contributed by atoms with Crippen LogP contribution >= 0.6 is 0 Å². The lowest BCUT2D eigenvalue weighted by atomic mass is 9.98. The van der Waals surface area contributed by atoms with Gasteiger partial charge in [-0.2, -0.15) is 0 Å². The van der Waals surface area contributed by atoms with Crippen LogP contribution in [-0.4, -0.2) is 42.0 Å². The molecular weight excluding hydrogens is 270 g/mol. The summed E-state index contributed by atoms with van der Waals surface area (Å²) in [4.78, 5) is 11.7. The maximum absolute atomic E-state index is 11.7. The molecule has 0 fully saturated rings. The molecule has 0 aromatic heterocycles. The Hall–Kier alpha value is -1.59. The van der Waals surface area contributed by atoms with Crippen molar-refractivity contribution >= 4 is 5.91 Å². The van der Waals surface area contributed by atoms with Crippen LogP contribution in [0.4, 0.5) is 0 Å². The number of aliphatic hydroxyl groups excluding tert-OH is 2. The summed E-state index contributed by atoms with van der Waals surface area (Å²) in [6, 6.07) is 5.35. The smallest absolute Gasteiger partial charge is 0.258 e. The van der Waals surface area contributed by atoms with E-state index in [0.29, 0.717) is 18.1 Å². The average Bonchev–Trinajstić information content (AvgIpc) is 2.44. The summed E-state index contributed by atoms with van der Waals surface area (Å²) >= 11 is 0. The van der Waals surface area contributed by atoms with Crippen LogP contribution in [0.3, 0.4) is 0 Å². The van der Waals surface area contributed by atoms with Gasteiger partial charge in [0, 0.05) is 6.61 Å². The molecule has 1 aromatic rings. The highest BCUT2D eigenvalue weighted by Crippen LogP contribution is 2.23. The van der Waals surface area contributed by atoms with Crippen molar-refractivity contribution in [2.24, 2.45) is 0 Å². The molecule has 0 heterocycles. The van der Waals surface area contributed by atoms with Gasteiger partial charge in [-0.05, 0) is 42.5 Å². The number of hydrogen-bond donors (Lipinski definition) is 3. The van der Waals surface area contributed by atoms with Crippen LogP contribution < -0.4 is 10.1 Å². The molecule has 0 spiro atoms. The molecule has 5 heteroatoms. The normalized spacial score (nSPS) is 12.3. The average molecular weight is 295 g/mol. The van der Waals surface area contributed by atoms with Gasteiger partial charge in [-0.3, -0.25) is 4.79 Å². The predicted octanol–water partition coefficient (Wildman–Crippen LogP) is 1.36. The summed E-state index contributed by atoms with van der Waals surface area (Å²) in [7, 11) is 0. The zero-order valence-electron chi connectivity index (χ0n) is 12.9. The van der Waals surface area contributed by atoms with Gasteiger partial charge in [-0.1, -0.05) is 19.9 Å². The summed E-state index contributed by atoms with van der Waals surface area (Å²) < 4.78 is 5.45. The SMILES string of the molecule is Cc1cc(OCC(=O)N[C@@H](CO)CCO)ccc1C(C)C. The summed E-state index contributed by atoms with van der Waals surface area (Å²) in [6.07, 6.45) is 0.324. The first-order chi connectivity index (χ1) is 9.97. The Labute approximate surface area is 125 Å². The Morgan fingerprint density at radius 2 is 2.05 bits per heavy atom. The Morgan fingerprint density at radius 3 is 2.57 bits per heavy atom. The van der Waals surface area contributed by atoms with Gasteiger partial charge in [0.1, 0.15) is 5.75 Å². The minimum Gasteiger partial charge on any atom is -0.484 e. The lowest BCUT2D eigenvalue weighted by Gasteiger charge is -2.16. The number of carbonyl (C=O) groups excluding carboxylic acids is 1. The number of nitrogens with one attached hydrogen (secondary N) is 1. The summed E-state index contributed by atoms with van der Waals surface area (Å²) in [6.45, 7) is 5.89. The summed E-state index contributed by atoms with van der Waals surface area (Å²) in [5.41, 5.74) is 2.39. The number of amides is 1. The monoisotopic (exact) mass is 295 g/mol. The van der Waals surface area contributed by atoms with Crippen LogP contribution in [0.25, 0.3) is 0 Å². The molecule has 1 aromatic carbocycles. The lowest BCUT2D eigenvalue weighted by Crippen LogP contribution is -2.40. The topological polar surface area (TPSA) is 78.8 Å². The van der Waals surface area contributed by atoms with Gasteiger partial charge in [0.25, 0.3) is 5.91 Å². The van der Waals surface area contributed by atoms with E-state index in [1.54, 1.807) is 0 Å². The Kier molecular flexibility index (Phi) is 7.19. The number of ether oxygens (including phenoxy) is 1. The summed E-state index contributed by atoms with van der Waals surface area (Å²) in [5, 5.41) is 20.4. The van der Waals surface area contributed by atoms with Crippen molar-refractivity contribution in [1.29, 1.82) is 0 Å². The first kappa shape index (κ1) is 17.5. The number of aryl methyl sites for hydroxylation is 1. The third-order valence-corrected chi connectivity index (χ3v) is 3.30. The van der Waals surface area contributed by atoms with Crippen molar-refractivity contribution in [1.82, 2.24) is 5.32 Å². The third-order valence-electron chi connectivity index (χ3n) is 3.30. The molecule has 5 nitrogen and oxygen atoms in total. The van der Waals surface area contributed by atoms with Crippen molar-refractivity contribution in [3.05, 3.63) is 29.3 Å². The first-order valence-electron chi connectivity index (χ1n) is 7.22. The second-order valence-electron chi connectivity index (χ2n) is 5.42. The van der Waals surface area contributed by atoms with Gasteiger partial charge in [-0.15, -0.1) is 0 Å². The number of benzene rings is 1. The Bertz CT molecular complexity index is 460. The third kappa shape index (κ3) is 5.73. The number of aliphatic hydroxyl groups is 2. The van der Waals surface area contributed by atoms with E-state index in [1.807, 2.05) is 25.1 Å². The Balaban J connectivity index is 2.51. The highest BCUT2D eigenvalue weighted by Gasteiger charge is 2.11. The van der Waals surface area contributed by atoms with E-state index >= 15 is 0 Å². The van der Waals surface area contributed by atoms with Crippen molar-refractivity contribution in [3.8, 4) is 5.75 Å². The molecule has 1 amide bonds. The van der Waals surface area contributed by atoms with Crippen LogP contribution in [0, 0.1) is 6.92 Å². The number of rotatable bonds is 8. The fraction of sp³-hybridized carbons (Fsp3) is 0.562. The Morgan fingerprint density at radius 1 is 1.33 bits per heavy atom. The van der Waals surface area contributed by atoms with E-state index in [1.165, 1.54) is 5.56 Å². The fourth-order valence-corrected chi connectivity index (χ4v) is 2.17. The van der Waals surface area contributed by atoms with E-state index in [-0.39, 0.29) is 25.7 Å². The van der Waals surface area contributed by atoms with Crippen LogP contribution in [0.2, 0.25) is 0 Å². The molecule has 1 rings (SSSR count). The van der Waals surface area contributed by atoms with Gasteiger partial charge < -0.3 is 20.3 Å². The van der Waals surface area contributed by atoms with Crippen molar-refractivity contribution in [2.45, 2.75) is 39.2 Å². The van der Waals surface area contributed by atoms with Crippen molar-refractivity contribution in [3.63, 3.8) is 0 Å². The van der Waals surface area contributed by atoms with Gasteiger partial charge >= 0.3 is 0 Å². The molecule has 0 aliphatic carbocycles. The second-order valence-corrected chi connectivity index (χ2v) is 5.42. The van der Waals surface area contributed by atoms with Crippen LogP contribution in [-0.2, 0) is 4.79 Å². The van der Waals surface area contributed by atoms with E-state index in [2.05, 4.69) is 19.2 Å². The van der Waals surface area contributed by atoms with Gasteiger partial charge in [0.05, 0.1) is 12.6 Å². The zero-order chi connectivity index (χ0) is 15.8. The second kappa shape index (κ2) is 8.64. The predicted molar refractivity (Wildman–Crippen MR) is 81.5 cm³/mol. The standard InChI is InChI=1S/C16H25NO4/c1-11(2)15-5-4-14(8-12(15)3)21-10-16(20)17-13(9-19)6-7-18/h4-5,8,11,13,18-19H,6-7,9-10H2,1-3H3,(H,17,20)/t13-/m1/s1. The molecule has 3 N–H and O–H groups in total. The molecule has 0 bridgehead atoms. The number of hydrogen-bond acceptors (Lipinski definition) is 4. The van der Waals surface area contributed by atoms with E-state index < -0.39 is 6.04 Å². The van der Waals surface area contributed by atoms with Crippen LogP contribution in [0.15, 0.2) is 18.2 Å². The van der Waals surface area contributed by atoms with Gasteiger partial charge in [-0.25, -0.2) is 0 Å². The fourth-order valence-electron chi connectivity index (χ4n) is 2.17. The van der Waals surface area contributed by atoms with Crippen LogP contribution in [0.1, 0.15) is 37.3 Å². The van der Waals surface area contributed by atoms with Crippen molar-refractivity contribution in [2.75, 3.05) is 19.8 Å². The largest absolute Gasteiger partial charge is 0.484 e. The van der Waals surface area contributed by atoms with Gasteiger partial charge in [0.15, 0.2) is 6.61 Å². The molecule has 0 aliphatic heterocycles. The van der Waals surface area contributed by atoms with Crippen molar-refractivity contribution < 1.29 is 19.7 Å². The minimum atomic E-state index is -0.434. The minimum absolute atomic E-state index is 0.0811. The maximum atomic E-state index is 11.7. The lowest BCUT2D eigenvalue weighted by molar-refractivity contribution is -0.124. The van der Waals surface area contributed by atoms with E-state index in [9.17, 15) is 4.79 Å². The zero-order valence-corrected chi connectivity index (χ0v) is 12.9. The quantitative estimate of drug-likeness (QED) is 0.676. The molecule has 0 saturated carbocycles. The number of carbonyl (C=O) groups is 1. The van der Waals surface area contributed by atoms with E-state index in [4.69, 9.17) is 14.9 Å². The van der Waals surface area contributed by atoms with Crippen LogP contribution in [0.5, 0.6) is 5.75 Å². The molecule has 0 aliphatic rings. The first-order valence-corrected chi connectivity index (χ1v) is 7.22. The van der Waals surface area contributed by atoms with Gasteiger partial charge in [0.2, 0.25) is 0 Å². The molecule has 118 valence electrons. The maximum Gasteiger partial charge on any atom is 0.258 e. The molecular formula is C16H25NO4.